The van der Waals surface area contributed by atoms with E-state index < -0.39 is 0 Å². The smallest absolute Gasteiger partial charge is 0.126 e. The SMILES string of the molecule is CC(Nc1ccc2c(n1)CCC2)c1ccc(C#N)cc1. The highest BCUT2D eigenvalue weighted by atomic mass is 15.0. The number of nitrogens with one attached hydrogen (secondary N) is 1. The van der Waals surface area contributed by atoms with Gasteiger partial charge in [-0.2, -0.15) is 5.26 Å². The van der Waals surface area contributed by atoms with Gasteiger partial charge in [-0.3, -0.25) is 0 Å². The van der Waals surface area contributed by atoms with E-state index >= 15 is 0 Å². The first-order valence-corrected chi connectivity index (χ1v) is 7.01. The van der Waals surface area contributed by atoms with Crippen molar-refractivity contribution in [2.45, 2.75) is 32.2 Å². The van der Waals surface area contributed by atoms with E-state index in [2.05, 4.69) is 35.4 Å². The Hall–Kier alpha value is -2.34. The summed E-state index contributed by atoms with van der Waals surface area (Å²) in [5, 5.41) is 12.2. The summed E-state index contributed by atoms with van der Waals surface area (Å²) in [6.07, 6.45) is 3.47. The number of nitrogens with zero attached hydrogens (tertiary/aromatic N) is 2. The molecule has 0 fully saturated rings. The van der Waals surface area contributed by atoms with E-state index in [1.807, 2.05) is 24.3 Å². The van der Waals surface area contributed by atoms with Gasteiger partial charge >= 0.3 is 0 Å². The molecule has 1 atom stereocenters. The van der Waals surface area contributed by atoms with Crippen molar-refractivity contribution < 1.29 is 0 Å². The number of aryl methyl sites for hydroxylation is 2. The Kier molecular flexibility index (Phi) is 3.39. The molecule has 0 aliphatic heterocycles. The Morgan fingerprint density at radius 3 is 2.70 bits per heavy atom. The molecular formula is C17H17N3. The van der Waals surface area contributed by atoms with Crippen molar-refractivity contribution in [1.82, 2.24) is 4.98 Å². The molecule has 0 amide bonds. The summed E-state index contributed by atoms with van der Waals surface area (Å²) in [5.41, 5.74) is 4.48. The molecule has 0 saturated carbocycles. The first kappa shape index (κ1) is 12.7. The lowest BCUT2D eigenvalue weighted by atomic mass is 10.1. The first-order valence-electron chi connectivity index (χ1n) is 7.01. The average Bonchev–Trinajstić information content (AvgIpc) is 2.95. The van der Waals surface area contributed by atoms with Crippen molar-refractivity contribution in [1.29, 1.82) is 5.26 Å². The zero-order chi connectivity index (χ0) is 13.9. The molecule has 20 heavy (non-hydrogen) atoms. The van der Waals surface area contributed by atoms with Crippen LogP contribution < -0.4 is 5.32 Å². The van der Waals surface area contributed by atoms with Gasteiger partial charge in [0, 0.05) is 11.7 Å². The van der Waals surface area contributed by atoms with Crippen molar-refractivity contribution >= 4 is 5.82 Å². The molecule has 3 nitrogen and oxygen atoms in total. The van der Waals surface area contributed by atoms with Gasteiger partial charge in [0.25, 0.3) is 0 Å². The van der Waals surface area contributed by atoms with Crippen molar-refractivity contribution in [3.63, 3.8) is 0 Å². The highest BCUT2D eigenvalue weighted by Crippen LogP contribution is 2.24. The second-order valence-electron chi connectivity index (χ2n) is 5.26. The second-order valence-corrected chi connectivity index (χ2v) is 5.26. The van der Waals surface area contributed by atoms with Crippen LogP contribution in [0.3, 0.4) is 0 Å². The molecule has 1 aliphatic rings. The summed E-state index contributed by atoms with van der Waals surface area (Å²) in [4.78, 5) is 4.69. The van der Waals surface area contributed by atoms with Gasteiger partial charge in [0.15, 0.2) is 0 Å². The van der Waals surface area contributed by atoms with E-state index in [1.54, 1.807) is 0 Å². The molecule has 1 N–H and O–H groups in total. The molecule has 3 heteroatoms. The van der Waals surface area contributed by atoms with Gasteiger partial charge in [-0.25, -0.2) is 4.98 Å². The Labute approximate surface area is 119 Å². The summed E-state index contributed by atoms with van der Waals surface area (Å²) in [7, 11) is 0. The van der Waals surface area contributed by atoms with Crippen molar-refractivity contribution in [3.05, 3.63) is 58.8 Å². The van der Waals surface area contributed by atoms with Crippen LogP contribution in [0, 0.1) is 11.3 Å². The maximum Gasteiger partial charge on any atom is 0.126 e. The fourth-order valence-electron chi connectivity index (χ4n) is 2.65. The van der Waals surface area contributed by atoms with Crippen LogP contribution in [-0.2, 0) is 12.8 Å². The van der Waals surface area contributed by atoms with Crippen LogP contribution >= 0.6 is 0 Å². The predicted molar refractivity (Wildman–Crippen MR) is 79.5 cm³/mol. The van der Waals surface area contributed by atoms with Crippen LogP contribution in [0.2, 0.25) is 0 Å². The number of anilines is 1. The monoisotopic (exact) mass is 263 g/mol. The largest absolute Gasteiger partial charge is 0.364 e. The summed E-state index contributed by atoms with van der Waals surface area (Å²) in [6, 6.07) is 14.2. The molecule has 1 aromatic carbocycles. The van der Waals surface area contributed by atoms with E-state index in [-0.39, 0.29) is 6.04 Å². The number of nitriles is 1. The maximum atomic E-state index is 8.82. The fraction of sp³-hybridized carbons (Fsp3) is 0.294. The minimum Gasteiger partial charge on any atom is -0.364 e. The molecule has 1 aromatic heterocycles. The number of hydrogen-bond donors (Lipinski definition) is 1. The standard InChI is InChI=1S/C17H17N3/c1-12(14-7-5-13(11-18)6-8-14)19-17-10-9-15-3-2-4-16(15)20-17/h5-10,12H,2-4H2,1H3,(H,19,20). The van der Waals surface area contributed by atoms with Gasteiger partial charge in [0.05, 0.1) is 11.6 Å². The lowest BCUT2D eigenvalue weighted by Gasteiger charge is -2.15. The fourth-order valence-corrected chi connectivity index (χ4v) is 2.65. The van der Waals surface area contributed by atoms with E-state index in [0.29, 0.717) is 5.56 Å². The minimum atomic E-state index is 0.176. The summed E-state index contributed by atoms with van der Waals surface area (Å²) < 4.78 is 0. The molecule has 1 heterocycles. The third-order valence-corrected chi connectivity index (χ3v) is 3.83. The molecule has 3 rings (SSSR count). The highest BCUT2D eigenvalue weighted by Gasteiger charge is 2.13. The van der Waals surface area contributed by atoms with E-state index in [0.717, 1.165) is 24.2 Å². The van der Waals surface area contributed by atoms with E-state index in [9.17, 15) is 0 Å². The van der Waals surface area contributed by atoms with Gasteiger partial charge < -0.3 is 5.32 Å². The molecule has 2 aromatic rings. The van der Waals surface area contributed by atoms with Crippen molar-refractivity contribution in [3.8, 4) is 6.07 Å². The zero-order valence-electron chi connectivity index (χ0n) is 11.6. The van der Waals surface area contributed by atoms with Gasteiger partial charge in [0.1, 0.15) is 5.82 Å². The highest BCUT2D eigenvalue weighted by molar-refractivity contribution is 5.43. The molecule has 0 spiro atoms. The zero-order valence-corrected chi connectivity index (χ0v) is 11.6. The van der Waals surface area contributed by atoms with E-state index in [1.165, 1.54) is 17.7 Å². The summed E-state index contributed by atoms with van der Waals surface area (Å²) in [5.74, 6) is 0.933. The minimum absolute atomic E-state index is 0.176. The Bertz CT molecular complexity index is 653. The molecule has 1 unspecified atom stereocenters. The van der Waals surface area contributed by atoms with Crippen LogP contribution in [0.1, 0.15) is 41.8 Å². The third-order valence-electron chi connectivity index (χ3n) is 3.83. The van der Waals surface area contributed by atoms with Crippen LogP contribution in [0.25, 0.3) is 0 Å². The van der Waals surface area contributed by atoms with Crippen LogP contribution in [-0.4, -0.2) is 4.98 Å². The Balaban J connectivity index is 1.75. The quantitative estimate of drug-likeness (QED) is 0.920. The van der Waals surface area contributed by atoms with Gasteiger partial charge in [-0.15, -0.1) is 0 Å². The number of pyridine rings is 1. The lowest BCUT2D eigenvalue weighted by Crippen LogP contribution is -2.08. The predicted octanol–water partition coefficient (Wildman–Crippen LogP) is 3.62. The Morgan fingerprint density at radius 2 is 1.95 bits per heavy atom. The number of benzene rings is 1. The molecule has 0 saturated heterocycles. The number of aromatic nitrogens is 1. The molecule has 100 valence electrons. The molecule has 0 radical (unpaired) electrons. The van der Waals surface area contributed by atoms with Gasteiger partial charge in [-0.05, 0) is 55.5 Å². The third kappa shape index (κ3) is 2.50. The van der Waals surface area contributed by atoms with Gasteiger partial charge in [0.2, 0.25) is 0 Å². The van der Waals surface area contributed by atoms with Crippen LogP contribution in [0.4, 0.5) is 5.82 Å². The summed E-state index contributed by atoms with van der Waals surface area (Å²) in [6.45, 7) is 2.11. The molecule has 0 bridgehead atoms. The van der Waals surface area contributed by atoms with Crippen molar-refractivity contribution in [2.75, 3.05) is 5.32 Å². The Morgan fingerprint density at radius 1 is 1.15 bits per heavy atom. The normalized spacial score (nSPS) is 14.4. The average molecular weight is 263 g/mol. The van der Waals surface area contributed by atoms with Crippen LogP contribution in [0.5, 0.6) is 0 Å². The van der Waals surface area contributed by atoms with E-state index in [4.69, 9.17) is 5.26 Å². The molecular weight excluding hydrogens is 246 g/mol. The van der Waals surface area contributed by atoms with Gasteiger partial charge in [-0.1, -0.05) is 18.2 Å². The number of hydrogen-bond acceptors (Lipinski definition) is 3. The lowest BCUT2D eigenvalue weighted by molar-refractivity contribution is 0.865. The topological polar surface area (TPSA) is 48.7 Å². The molecule has 1 aliphatic carbocycles. The van der Waals surface area contributed by atoms with Crippen LogP contribution in [0.15, 0.2) is 36.4 Å². The van der Waals surface area contributed by atoms with Crippen molar-refractivity contribution in [2.24, 2.45) is 0 Å². The first-order chi connectivity index (χ1) is 9.76. The number of rotatable bonds is 3. The maximum absolute atomic E-state index is 8.82. The summed E-state index contributed by atoms with van der Waals surface area (Å²) >= 11 is 0. The second kappa shape index (κ2) is 5.34. The number of fused-ring (bicyclic) bond motifs is 1.